The second kappa shape index (κ2) is 14.2. The van der Waals surface area contributed by atoms with E-state index in [2.05, 4.69) is 0 Å². The Morgan fingerprint density at radius 2 is 1.05 bits per heavy atom. The number of benzene rings is 3. The molecule has 0 atom stereocenters. The lowest BCUT2D eigenvalue weighted by atomic mass is 10.1. The fraction of sp³-hybridized carbons (Fsp3) is 0.125. The van der Waals surface area contributed by atoms with E-state index in [1.165, 1.54) is 0 Å². The van der Waals surface area contributed by atoms with Crippen LogP contribution in [0.3, 0.4) is 0 Å². The van der Waals surface area contributed by atoms with Gasteiger partial charge < -0.3 is 0 Å². The summed E-state index contributed by atoms with van der Waals surface area (Å²) in [4.78, 5) is 31.6. The first-order valence-corrected chi connectivity index (χ1v) is 11.3. The number of hydrogen-bond donors (Lipinski definition) is 0. The van der Waals surface area contributed by atoms with Gasteiger partial charge in [-0.25, -0.2) is 13.2 Å². The molecule has 0 amide bonds. The Morgan fingerprint density at radius 1 is 0.524 bits per heavy atom. The van der Waals surface area contributed by atoms with Crippen molar-refractivity contribution in [1.29, 1.82) is 0 Å². The molecule has 42 heavy (non-hydrogen) atoms. The van der Waals surface area contributed by atoms with E-state index in [4.69, 9.17) is 34.8 Å². The van der Waals surface area contributed by atoms with E-state index in [9.17, 15) is 67.1 Å². The largest absolute Gasteiger partial charge is 0.419 e. The lowest BCUT2D eigenvalue weighted by Gasteiger charge is -2.09. The summed E-state index contributed by atoms with van der Waals surface area (Å²) in [5.41, 5.74) is -6.50. The summed E-state index contributed by atoms with van der Waals surface area (Å²) >= 11 is 14.7. The molecule has 0 aliphatic carbocycles. The van der Waals surface area contributed by atoms with Crippen LogP contribution in [0.4, 0.5) is 52.7 Å². The van der Waals surface area contributed by atoms with Crippen molar-refractivity contribution in [3.63, 3.8) is 0 Å². The Hall–Kier alpha value is -3.30. The standard InChI is InChI=1S/3C8H3ClF4O/c9-7(14)4-1-2-6(10)5(3-4)8(11,12)13;9-7(14)5-2-1-4(10)3-6(5)8(11,12)13;9-7(14)6-4(8(11,12)13)2-1-3-5(6)10/h3*1-3H. The average molecular weight is 680 g/mol. The molecule has 0 N–H and O–H groups in total. The highest BCUT2D eigenvalue weighted by atomic mass is 35.5. The smallest absolute Gasteiger partial charge is 0.276 e. The van der Waals surface area contributed by atoms with Crippen LogP contribution < -0.4 is 0 Å². The second-order valence-electron chi connectivity index (χ2n) is 7.36. The zero-order valence-corrected chi connectivity index (χ0v) is 21.9. The number of carbonyl (C=O) groups excluding carboxylic acids is 3. The van der Waals surface area contributed by atoms with Crippen molar-refractivity contribution in [2.24, 2.45) is 0 Å². The molecule has 0 bridgehead atoms. The van der Waals surface area contributed by atoms with Crippen molar-refractivity contribution in [3.8, 4) is 0 Å². The van der Waals surface area contributed by atoms with E-state index >= 15 is 0 Å². The molecular formula is C24H9Cl3F12O3. The molecule has 3 rings (SSSR count). The molecule has 0 unspecified atom stereocenters. The van der Waals surface area contributed by atoms with Gasteiger partial charge in [0.15, 0.2) is 0 Å². The van der Waals surface area contributed by atoms with E-state index in [0.717, 1.165) is 24.3 Å². The molecule has 0 fully saturated rings. The zero-order chi connectivity index (χ0) is 32.8. The van der Waals surface area contributed by atoms with Crippen molar-refractivity contribution in [2.45, 2.75) is 18.5 Å². The maximum Gasteiger partial charge on any atom is 0.419 e. The van der Waals surface area contributed by atoms with Crippen molar-refractivity contribution >= 4 is 50.5 Å². The highest BCUT2D eigenvalue weighted by Crippen LogP contribution is 2.35. The molecule has 0 aliphatic rings. The first-order valence-electron chi connectivity index (χ1n) is 10.2. The van der Waals surface area contributed by atoms with E-state index in [0.29, 0.717) is 24.3 Å². The van der Waals surface area contributed by atoms with Gasteiger partial charge in [0.1, 0.15) is 17.5 Å². The Labute approximate surface area is 241 Å². The van der Waals surface area contributed by atoms with Crippen LogP contribution in [0.5, 0.6) is 0 Å². The van der Waals surface area contributed by atoms with Gasteiger partial charge in [-0.05, 0) is 83.3 Å². The van der Waals surface area contributed by atoms with Crippen LogP contribution in [0.25, 0.3) is 0 Å². The van der Waals surface area contributed by atoms with Gasteiger partial charge in [0.2, 0.25) is 0 Å². The van der Waals surface area contributed by atoms with Gasteiger partial charge >= 0.3 is 18.5 Å². The number of carbonyl (C=O) groups is 3. The Kier molecular flexibility index (Phi) is 12.5. The van der Waals surface area contributed by atoms with Crippen molar-refractivity contribution < 1.29 is 67.1 Å². The molecule has 0 radical (unpaired) electrons. The topological polar surface area (TPSA) is 51.2 Å². The van der Waals surface area contributed by atoms with E-state index in [1.807, 2.05) is 0 Å². The highest BCUT2D eigenvalue weighted by Gasteiger charge is 2.37. The summed E-state index contributed by atoms with van der Waals surface area (Å²) in [5, 5.41) is -3.79. The van der Waals surface area contributed by atoms with Gasteiger partial charge in [-0.2, -0.15) is 39.5 Å². The number of halogens is 15. The highest BCUT2D eigenvalue weighted by molar-refractivity contribution is 6.68. The third-order valence-electron chi connectivity index (χ3n) is 4.51. The summed E-state index contributed by atoms with van der Waals surface area (Å²) in [6.07, 6.45) is -14.4. The zero-order valence-electron chi connectivity index (χ0n) is 19.6. The summed E-state index contributed by atoms with van der Waals surface area (Å²) < 4.78 is 148. The molecule has 0 spiro atoms. The number of alkyl halides is 9. The summed E-state index contributed by atoms with van der Waals surface area (Å²) in [7, 11) is 0. The molecule has 0 saturated carbocycles. The predicted octanol–water partition coefficient (Wildman–Crippen LogP) is 9.67. The number of hydrogen-bond acceptors (Lipinski definition) is 3. The van der Waals surface area contributed by atoms with Crippen LogP contribution in [0.1, 0.15) is 47.8 Å². The van der Waals surface area contributed by atoms with E-state index in [-0.39, 0.29) is 11.6 Å². The van der Waals surface area contributed by atoms with Gasteiger partial charge in [0.05, 0.1) is 22.3 Å². The average Bonchev–Trinajstić information content (AvgIpc) is 2.82. The van der Waals surface area contributed by atoms with Gasteiger partial charge in [-0.15, -0.1) is 0 Å². The third kappa shape index (κ3) is 10.5. The lowest BCUT2D eigenvalue weighted by Crippen LogP contribution is -2.12. The molecular weight excluding hydrogens is 671 g/mol. The van der Waals surface area contributed by atoms with Crippen molar-refractivity contribution in [2.75, 3.05) is 0 Å². The van der Waals surface area contributed by atoms with E-state index < -0.39 is 79.5 Å². The summed E-state index contributed by atoms with van der Waals surface area (Å²) in [6.45, 7) is 0. The van der Waals surface area contributed by atoms with Crippen LogP contribution >= 0.6 is 34.8 Å². The quantitative estimate of drug-likeness (QED) is 0.205. The van der Waals surface area contributed by atoms with Crippen LogP contribution in [-0.2, 0) is 18.5 Å². The summed E-state index contributed by atoms with van der Waals surface area (Å²) in [5.74, 6) is -3.78. The number of rotatable bonds is 3. The van der Waals surface area contributed by atoms with Crippen molar-refractivity contribution in [1.82, 2.24) is 0 Å². The fourth-order valence-corrected chi connectivity index (χ4v) is 3.22. The van der Waals surface area contributed by atoms with Gasteiger partial charge in [-0.3, -0.25) is 14.4 Å². The Bertz CT molecular complexity index is 1450. The minimum atomic E-state index is -4.83. The molecule has 0 heterocycles. The first kappa shape index (κ1) is 36.7. The summed E-state index contributed by atoms with van der Waals surface area (Å²) in [6, 6.07) is 5.70. The monoisotopic (exact) mass is 678 g/mol. The van der Waals surface area contributed by atoms with Gasteiger partial charge in [-0.1, -0.05) is 6.07 Å². The maximum absolute atomic E-state index is 12.8. The second-order valence-corrected chi connectivity index (χ2v) is 8.39. The normalized spacial score (nSPS) is 11.5. The maximum atomic E-state index is 12.8. The van der Waals surface area contributed by atoms with Crippen LogP contribution in [0.15, 0.2) is 54.6 Å². The molecule has 3 aromatic rings. The van der Waals surface area contributed by atoms with Crippen LogP contribution in [0, 0.1) is 17.5 Å². The SMILES string of the molecule is O=C(Cl)c1c(F)cccc1C(F)(F)F.O=C(Cl)c1ccc(F)c(C(F)(F)F)c1.O=C(Cl)c1ccc(F)cc1C(F)(F)F. The molecule has 228 valence electrons. The molecule has 3 nitrogen and oxygen atoms in total. The lowest BCUT2D eigenvalue weighted by molar-refractivity contribution is -0.140. The first-order chi connectivity index (χ1) is 19.0. The molecule has 0 saturated heterocycles. The van der Waals surface area contributed by atoms with Gasteiger partial charge in [0.25, 0.3) is 15.7 Å². The minimum Gasteiger partial charge on any atom is -0.276 e. The fourth-order valence-electron chi connectivity index (χ4n) is 2.75. The van der Waals surface area contributed by atoms with Crippen LogP contribution in [0.2, 0.25) is 0 Å². The minimum absolute atomic E-state index is 0.232. The van der Waals surface area contributed by atoms with Gasteiger partial charge in [0, 0.05) is 11.1 Å². The molecule has 3 aromatic carbocycles. The van der Waals surface area contributed by atoms with E-state index in [1.54, 1.807) is 0 Å². The predicted molar refractivity (Wildman–Crippen MR) is 125 cm³/mol. The Balaban J connectivity index is 0.000000315. The Morgan fingerprint density at radius 3 is 1.45 bits per heavy atom. The third-order valence-corrected chi connectivity index (χ3v) is 5.12. The van der Waals surface area contributed by atoms with Crippen molar-refractivity contribution in [3.05, 3.63) is 105 Å². The molecule has 18 heteroatoms. The molecule has 0 aliphatic heterocycles. The molecule has 0 aromatic heterocycles. The van der Waals surface area contributed by atoms with Crippen LogP contribution in [-0.4, -0.2) is 15.7 Å².